The summed E-state index contributed by atoms with van der Waals surface area (Å²) in [6.45, 7) is 9.54. The molecule has 4 aliphatic rings. The van der Waals surface area contributed by atoms with Crippen molar-refractivity contribution in [2.45, 2.75) is 25.7 Å². The second-order valence-corrected chi connectivity index (χ2v) is 15.4. The first kappa shape index (κ1) is 29.6. The molecule has 2 atom stereocenters. The van der Waals surface area contributed by atoms with E-state index in [9.17, 15) is 0 Å². The summed E-state index contributed by atoms with van der Waals surface area (Å²) in [4.78, 5) is 0. The molecule has 0 radical (unpaired) electrons. The highest BCUT2D eigenvalue weighted by Gasteiger charge is 2.40. The average molecular weight is 668 g/mol. The van der Waals surface area contributed by atoms with Gasteiger partial charge in [0, 0.05) is 50.4 Å². The number of aromatic nitrogens is 1. The molecule has 5 aromatic carbocycles. The second kappa shape index (κ2) is 10.7. The van der Waals surface area contributed by atoms with Gasteiger partial charge in [-0.1, -0.05) is 148 Å². The summed E-state index contributed by atoms with van der Waals surface area (Å²) in [5.41, 5.74) is 17.0. The summed E-state index contributed by atoms with van der Waals surface area (Å²) < 4.78 is 9.14. The number of allylic oxidation sites excluding steroid dienone is 9. The van der Waals surface area contributed by atoms with Crippen LogP contribution in [-0.4, -0.2) is 4.57 Å². The normalized spacial score (nSPS) is 20.3. The highest BCUT2D eigenvalue weighted by atomic mass is 16.3. The number of nitrogens with zero attached hydrogens (tertiary/aromatic N) is 1. The van der Waals surface area contributed by atoms with E-state index in [1.165, 1.54) is 60.8 Å². The molecular formula is C50H37NO. The first-order valence-electron chi connectivity index (χ1n) is 18.4. The lowest BCUT2D eigenvalue weighted by Gasteiger charge is -2.31. The van der Waals surface area contributed by atoms with Gasteiger partial charge < -0.3 is 8.98 Å². The van der Waals surface area contributed by atoms with Gasteiger partial charge in [-0.05, 0) is 75.1 Å². The summed E-state index contributed by atoms with van der Waals surface area (Å²) >= 11 is 0. The smallest absolute Gasteiger partial charge is 0.142 e. The third-order valence-electron chi connectivity index (χ3n) is 12.1. The molecule has 2 nitrogen and oxygen atoms in total. The van der Waals surface area contributed by atoms with Crippen molar-refractivity contribution in [3.8, 4) is 5.69 Å². The molecule has 248 valence electrons. The molecule has 0 saturated heterocycles. The van der Waals surface area contributed by atoms with Crippen molar-refractivity contribution in [2.75, 3.05) is 0 Å². The third-order valence-corrected chi connectivity index (χ3v) is 12.1. The van der Waals surface area contributed by atoms with Gasteiger partial charge in [0.05, 0.1) is 11.0 Å². The van der Waals surface area contributed by atoms with Gasteiger partial charge in [0.15, 0.2) is 0 Å². The molecule has 2 unspecified atom stereocenters. The molecule has 0 N–H and O–H groups in total. The lowest BCUT2D eigenvalue weighted by molar-refractivity contribution is 0.534. The van der Waals surface area contributed by atoms with Crippen molar-refractivity contribution in [3.05, 3.63) is 191 Å². The van der Waals surface area contributed by atoms with Crippen molar-refractivity contribution >= 4 is 61.1 Å². The SMILES string of the molecule is C=C1c2oc3ccccc3c2/C=C\CC(C)(C)c2ccc3c4ccccc4n(-c4ccc(C5=CC=C6c7ccccc7C7=CC=CC5C76)cc4)c3c21. The maximum Gasteiger partial charge on any atom is 0.142 e. The van der Waals surface area contributed by atoms with E-state index in [2.05, 4.69) is 164 Å². The summed E-state index contributed by atoms with van der Waals surface area (Å²) in [7, 11) is 0. The van der Waals surface area contributed by atoms with Gasteiger partial charge in [0.25, 0.3) is 0 Å². The zero-order valence-corrected chi connectivity index (χ0v) is 29.4. The first-order chi connectivity index (χ1) is 25.5. The average Bonchev–Trinajstić information content (AvgIpc) is 3.84. The van der Waals surface area contributed by atoms with Crippen LogP contribution >= 0.6 is 0 Å². The van der Waals surface area contributed by atoms with Crippen LogP contribution in [0.3, 0.4) is 0 Å². The fourth-order valence-corrected chi connectivity index (χ4v) is 9.66. The predicted octanol–water partition coefficient (Wildman–Crippen LogP) is 13.0. The molecule has 0 bridgehead atoms. The van der Waals surface area contributed by atoms with Crippen LogP contribution in [0.25, 0.3) is 66.8 Å². The lowest BCUT2D eigenvalue weighted by Crippen LogP contribution is -2.19. The molecule has 2 aromatic heterocycles. The van der Waals surface area contributed by atoms with E-state index in [1.54, 1.807) is 0 Å². The lowest BCUT2D eigenvalue weighted by atomic mass is 9.72. The minimum Gasteiger partial charge on any atom is -0.455 e. The highest BCUT2D eigenvalue weighted by molar-refractivity contribution is 6.14. The van der Waals surface area contributed by atoms with Crippen LogP contribution in [0.5, 0.6) is 0 Å². The predicted molar refractivity (Wildman–Crippen MR) is 218 cm³/mol. The van der Waals surface area contributed by atoms with Gasteiger partial charge in [-0.2, -0.15) is 0 Å². The molecule has 11 rings (SSSR count). The van der Waals surface area contributed by atoms with Crippen molar-refractivity contribution in [3.63, 3.8) is 0 Å². The third kappa shape index (κ3) is 4.01. The van der Waals surface area contributed by atoms with Gasteiger partial charge in [-0.3, -0.25) is 0 Å². The van der Waals surface area contributed by atoms with Crippen molar-refractivity contribution in [2.24, 2.45) is 11.8 Å². The molecular weight excluding hydrogens is 631 g/mol. The molecule has 0 saturated carbocycles. The molecule has 0 fully saturated rings. The van der Waals surface area contributed by atoms with Crippen LogP contribution in [0.1, 0.15) is 59.4 Å². The van der Waals surface area contributed by atoms with Crippen molar-refractivity contribution < 1.29 is 4.42 Å². The van der Waals surface area contributed by atoms with Crippen LogP contribution in [0.15, 0.2) is 157 Å². The van der Waals surface area contributed by atoms with E-state index in [1.807, 2.05) is 6.07 Å². The van der Waals surface area contributed by atoms with E-state index in [4.69, 9.17) is 11.0 Å². The van der Waals surface area contributed by atoms with Crippen LogP contribution < -0.4 is 0 Å². The van der Waals surface area contributed by atoms with E-state index in [-0.39, 0.29) is 5.41 Å². The van der Waals surface area contributed by atoms with Crippen molar-refractivity contribution in [1.29, 1.82) is 0 Å². The number of hydrogen-bond acceptors (Lipinski definition) is 1. The number of hydrogen-bond donors (Lipinski definition) is 0. The molecule has 7 aromatic rings. The maximum atomic E-state index is 6.67. The van der Waals surface area contributed by atoms with Gasteiger partial charge in [-0.15, -0.1) is 0 Å². The zero-order chi connectivity index (χ0) is 34.7. The Morgan fingerprint density at radius 2 is 1.42 bits per heavy atom. The van der Waals surface area contributed by atoms with E-state index < -0.39 is 0 Å². The largest absolute Gasteiger partial charge is 0.455 e. The fraction of sp³-hybridized carbons (Fsp3) is 0.120. The Bertz CT molecular complexity index is 2860. The quantitative estimate of drug-likeness (QED) is 0.179. The van der Waals surface area contributed by atoms with Gasteiger partial charge in [0.2, 0.25) is 0 Å². The Kier molecular flexibility index (Phi) is 6.09. The maximum absolute atomic E-state index is 6.67. The standard InChI is InChI=1S/C50H37NO/c1-30-46-43(50(2,3)29-11-18-42-37-15-7-9-20-45(37)52-49(30)42)28-27-41-36-14-6-8-19-44(36)51(48(41)46)32-23-21-31(22-24-32)33-25-26-40-35-13-5-4-12-34(35)39-17-10-16-38(33)47(39)40/h4-28,38,47H,1,29H2,2-3H3/b18-11-. The Labute approximate surface area is 303 Å². The number of fused-ring (bicyclic) bond motifs is 11. The van der Waals surface area contributed by atoms with Crippen LogP contribution in [0.2, 0.25) is 0 Å². The monoisotopic (exact) mass is 667 g/mol. The van der Waals surface area contributed by atoms with Gasteiger partial charge >= 0.3 is 0 Å². The van der Waals surface area contributed by atoms with Gasteiger partial charge in [-0.25, -0.2) is 0 Å². The van der Waals surface area contributed by atoms with Gasteiger partial charge in [0.1, 0.15) is 11.3 Å². The summed E-state index contributed by atoms with van der Waals surface area (Å²) in [6.07, 6.45) is 17.2. The van der Waals surface area contributed by atoms with E-state index in [0.717, 1.165) is 45.5 Å². The molecule has 2 heterocycles. The molecule has 2 heteroatoms. The Morgan fingerprint density at radius 1 is 0.712 bits per heavy atom. The first-order valence-corrected chi connectivity index (χ1v) is 18.4. The molecule has 0 amide bonds. The van der Waals surface area contributed by atoms with Crippen LogP contribution in [0, 0.1) is 11.8 Å². The van der Waals surface area contributed by atoms with Crippen LogP contribution in [0.4, 0.5) is 0 Å². The zero-order valence-electron chi connectivity index (χ0n) is 29.4. The molecule has 0 aliphatic heterocycles. The highest BCUT2D eigenvalue weighted by Crippen LogP contribution is 2.56. The molecule has 4 aliphatic carbocycles. The Morgan fingerprint density at radius 3 is 2.25 bits per heavy atom. The summed E-state index contributed by atoms with van der Waals surface area (Å²) in [5.74, 6) is 1.53. The Balaban J connectivity index is 1.11. The number of rotatable bonds is 2. The topological polar surface area (TPSA) is 18.1 Å². The van der Waals surface area contributed by atoms with Crippen LogP contribution in [-0.2, 0) is 5.41 Å². The number of para-hydroxylation sites is 2. The fourth-order valence-electron chi connectivity index (χ4n) is 9.66. The summed E-state index contributed by atoms with van der Waals surface area (Å²) in [6, 6.07) is 40.0. The van der Waals surface area contributed by atoms with E-state index >= 15 is 0 Å². The molecule has 0 spiro atoms. The number of benzene rings is 5. The van der Waals surface area contributed by atoms with Crippen molar-refractivity contribution in [1.82, 2.24) is 4.57 Å². The minimum absolute atomic E-state index is 0.131. The summed E-state index contributed by atoms with van der Waals surface area (Å²) in [5, 5.41) is 3.58. The Hall–Kier alpha value is -6.12. The number of furan rings is 1. The minimum atomic E-state index is -0.131. The second-order valence-electron chi connectivity index (χ2n) is 15.4. The molecule has 52 heavy (non-hydrogen) atoms. The van der Waals surface area contributed by atoms with E-state index in [0.29, 0.717) is 11.8 Å².